The van der Waals surface area contributed by atoms with Crippen LogP contribution in [-0.2, 0) is 16.1 Å². The average Bonchev–Trinajstić information content (AvgIpc) is 2.35. The quantitative estimate of drug-likeness (QED) is 0.603. The van der Waals surface area contributed by atoms with Gasteiger partial charge in [-0.05, 0) is 17.7 Å². The van der Waals surface area contributed by atoms with Gasteiger partial charge >= 0.3 is 12.0 Å². The molecule has 108 valence electrons. The molecule has 5 N–H and O–H groups in total. The molecule has 8 heteroatoms. The van der Waals surface area contributed by atoms with E-state index in [1.54, 1.807) is 0 Å². The van der Waals surface area contributed by atoms with E-state index in [4.69, 9.17) is 10.8 Å². The van der Waals surface area contributed by atoms with Crippen LogP contribution >= 0.6 is 15.9 Å². The smallest absolute Gasteiger partial charge is 0.326 e. The molecule has 1 aromatic rings. The number of carboxylic acids is 1. The number of aliphatic carboxylic acids is 1. The average molecular weight is 344 g/mol. The largest absolute Gasteiger partial charge is 0.480 e. The zero-order chi connectivity index (χ0) is 15.1. The Morgan fingerprint density at radius 2 is 2.05 bits per heavy atom. The minimum atomic E-state index is -1.34. The van der Waals surface area contributed by atoms with Gasteiger partial charge in [-0.25, -0.2) is 9.59 Å². The number of nitrogens with two attached hydrogens (primary N) is 1. The standard InChI is InChI=1S/C12H14BrN3O4/c13-8-3-1-2-7(4-8)6-15-12(20)16-9(11(18)19)5-10(14)17/h1-4,9H,5-6H2,(H2,14,17)(H,18,19)(H2,15,16,20)/t9-/m0/s1. The van der Waals surface area contributed by atoms with Crippen molar-refractivity contribution in [3.8, 4) is 0 Å². The van der Waals surface area contributed by atoms with Crippen molar-refractivity contribution in [3.05, 3.63) is 34.3 Å². The fourth-order valence-corrected chi connectivity index (χ4v) is 1.89. The summed E-state index contributed by atoms with van der Waals surface area (Å²) in [4.78, 5) is 33.1. The summed E-state index contributed by atoms with van der Waals surface area (Å²) in [5.41, 5.74) is 5.75. The first-order valence-corrected chi connectivity index (χ1v) is 6.47. The van der Waals surface area contributed by atoms with E-state index >= 15 is 0 Å². The van der Waals surface area contributed by atoms with Crippen molar-refractivity contribution in [1.82, 2.24) is 10.6 Å². The Hall–Kier alpha value is -2.09. The third kappa shape index (κ3) is 5.70. The van der Waals surface area contributed by atoms with E-state index in [1.165, 1.54) is 0 Å². The number of urea groups is 1. The van der Waals surface area contributed by atoms with E-state index < -0.39 is 30.4 Å². The van der Waals surface area contributed by atoms with Crippen LogP contribution in [0.1, 0.15) is 12.0 Å². The maximum absolute atomic E-state index is 11.5. The van der Waals surface area contributed by atoms with Crippen LogP contribution in [0.3, 0.4) is 0 Å². The molecule has 0 aliphatic heterocycles. The zero-order valence-corrected chi connectivity index (χ0v) is 12.0. The van der Waals surface area contributed by atoms with E-state index in [9.17, 15) is 14.4 Å². The van der Waals surface area contributed by atoms with E-state index in [0.717, 1.165) is 10.0 Å². The number of rotatable bonds is 6. The molecule has 0 heterocycles. The predicted octanol–water partition coefficient (Wildman–Crippen LogP) is 0.577. The highest BCUT2D eigenvalue weighted by molar-refractivity contribution is 9.10. The number of hydrogen-bond acceptors (Lipinski definition) is 3. The van der Waals surface area contributed by atoms with Gasteiger partial charge in [-0.3, -0.25) is 4.79 Å². The molecule has 0 radical (unpaired) electrons. The highest BCUT2D eigenvalue weighted by atomic mass is 79.9. The highest BCUT2D eigenvalue weighted by Crippen LogP contribution is 2.11. The van der Waals surface area contributed by atoms with E-state index in [0.29, 0.717) is 0 Å². The summed E-state index contributed by atoms with van der Waals surface area (Å²) in [5.74, 6) is -2.12. The molecule has 0 saturated carbocycles. The van der Waals surface area contributed by atoms with Crippen LogP contribution in [0.5, 0.6) is 0 Å². The Balaban J connectivity index is 2.49. The molecule has 7 nitrogen and oxygen atoms in total. The number of hydrogen-bond donors (Lipinski definition) is 4. The molecule has 0 saturated heterocycles. The molecular formula is C12H14BrN3O4. The van der Waals surface area contributed by atoms with Crippen molar-refractivity contribution in [2.45, 2.75) is 19.0 Å². The fourth-order valence-electron chi connectivity index (χ4n) is 1.44. The summed E-state index contributed by atoms with van der Waals surface area (Å²) in [5, 5.41) is 13.5. The van der Waals surface area contributed by atoms with Gasteiger partial charge in [0.1, 0.15) is 6.04 Å². The van der Waals surface area contributed by atoms with Gasteiger partial charge in [0.15, 0.2) is 0 Å². The topological polar surface area (TPSA) is 122 Å². The summed E-state index contributed by atoms with van der Waals surface area (Å²) >= 11 is 3.30. The Labute approximate surface area is 123 Å². The second-order valence-corrected chi connectivity index (χ2v) is 4.93. The molecule has 0 aromatic heterocycles. The fraction of sp³-hybridized carbons (Fsp3) is 0.250. The number of benzene rings is 1. The maximum Gasteiger partial charge on any atom is 0.326 e. The van der Waals surface area contributed by atoms with Gasteiger partial charge in [0, 0.05) is 11.0 Å². The van der Waals surface area contributed by atoms with Gasteiger partial charge in [-0.2, -0.15) is 0 Å². The molecule has 0 bridgehead atoms. The highest BCUT2D eigenvalue weighted by Gasteiger charge is 2.21. The van der Waals surface area contributed by atoms with Crippen LogP contribution in [0.15, 0.2) is 28.7 Å². The summed E-state index contributed by atoms with van der Waals surface area (Å²) in [7, 11) is 0. The zero-order valence-electron chi connectivity index (χ0n) is 10.4. The van der Waals surface area contributed by atoms with Crippen LogP contribution < -0.4 is 16.4 Å². The molecule has 1 aromatic carbocycles. The van der Waals surface area contributed by atoms with E-state index in [-0.39, 0.29) is 6.54 Å². The minimum absolute atomic E-state index is 0.230. The number of amides is 3. The van der Waals surface area contributed by atoms with Crippen molar-refractivity contribution in [3.63, 3.8) is 0 Å². The van der Waals surface area contributed by atoms with Crippen molar-refractivity contribution in [2.24, 2.45) is 5.73 Å². The molecular weight excluding hydrogens is 330 g/mol. The van der Waals surface area contributed by atoms with Crippen molar-refractivity contribution in [2.75, 3.05) is 0 Å². The SMILES string of the molecule is NC(=O)C[C@H](NC(=O)NCc1cccc(Br)c1)C(=O)O. The van der Waals surface area contributed by atoms with Crippen molar-refractivity contribution < 1.29 is 19.5 Å². The Kier molecular flexibility index (Phi) is 5.98. The van der Waals surface area contributed by atoms with Crippen LogP contribution in [0.2, 0.25) is 0 Å². The van der Waals surface area contributed by atoms with Gasteiger partial charge in [0.05, 0.1) is 6.42 Å². The van der Waals surface area contributed by atoms with Crippen molar-refractivity contribution >= 4 is 33.8 Å². The maximum atomic E-state index is 11.5. The second kappa shape index (κ2) is 7.49. The molecule has 1 rings (SSSR count). The first-order valence-electron chi connectivity index (χ1n) is 5.68. The number of primary amides is 1. The van der Waals surface area contributed by atoms with Gasteiger partial charge < -0.3 is 21.5 Å². The van der Waals surface area contributed by atoms with Crippen LogP contribution in [-0.4, -0.2) is 29.1 Å². The molecule has 0 spiro atoms. The van der Waals surface area contributed by atoms with E-state index in [1.807, 2.05) is 24.3 Å². The van der Waals surface area contributed by atoms with Crippen LogP contribution in [0, 0.1) is 0 Å². The summed E-state index contributed by atoms with van der Waals surface area (Å²) in [6.07, 6.45) is -0.459. The molecule has 0 unspecified atom stereocenters. The van der Waals surface area contributed by atoms with Gasteiger partial charge in [-0.1, -0.05) is 28.1 Å². The molecule has 0 fully saturated rings. The van der Waals surface area contributed by atoms with E-state index in [2.05, 4.69) is 26.6 Å². The van der Waals surface area contributed by atoms with Crippen molar-refractivity contribution in [1.29, 1.82) is 0 Å². The number of halogens is 1. The monoisotopic (exact) mass is 343 g/mol. The second-order valence-electron chi connectivity index (χ2n) is 4.02. The Bertz CT molecular complexity index is 521. The third-order valence-electron chi connectivity index (χ3n) is 2.35. The lowest BCUT2D eigenvalue weighted by Gasteiger charge is -2.13. The molecule has 20 heavy (non-hydrogen) atoms. The normalized spacial score (nSPS) is 11.4. The lowest BCUT2D eigenvalue weighted by molar-refractivity contribution is -0.140. The number of nitrogens with one attached hydrogen (secondary N) is 2. The molecule has 1 atom stereocenters. The summed E-state index contributed by atoms with van der Waals surface area (Å²) < 4.78 is 0.870. The molecule has 0 aliphatic rings. The lowest BCUT2D eigenvalue weighted by Crippen LogP contribution is -2.47. The van der Waals surface area contributed by atoms with Gasteiger partial charge in [0.25, 0.3) is 0 Å². The Morgan fingerprint density at radius 1 is 1.35 bits per heavy atom. The summed E-state index contributed by atoms with van der Waals surface area (Å²) in [6, 6.07) is 5.26. The molecule has 3 amide bonds. The van der Waals surface area contributed by atoms with Gasteiger partial charge in [-0.15, -0.1) is 0 Å². The van der Waals surface area contributed by atoms with Crippen LogP contribution in [0.4, 0.5) is 4.79 Å². The molecule has 0 aliphatic carbocycles. The number of carbonyl (C=O) groups is 3. The van der Waals surface area contributed by atoms with Gasteiger partial charge in [0.2, 0.25) is 5.91 Å². The first-order chi connectivity index (χ1) is 9.38. The van der Waals surface area contributed by atoms with Crippen LogP contribution in [0.25, 0.3) is 0 Å². The number of carboxylic acid groups (broad SMARTS) is 1. The lowest BCUT2D eigenvalue weighted by atomic mass is 10.2. The number of carbonyl (C=O) groups excluding carboxylic acids is 2. The minimum Gasteiger partial charge on any atom is -0.480 e. The third-order valence-corrected chi connectivity index (χ3v) is 2.84. The predicted molar refractivity (Wildman–Crippen MR) is 74.7 cm³/mol. The first kappa shape index (κ1) is 16.0. The Morgan fingerprint density at radius 3 is 2.60 bits per heavy atom. The summed E-state index contributed by atoms with van der Waals surface area (Å²) in [6.45, 7) is 0.230.